The van der Waals surface area contributed by atoms with Crippen LogP contribution in [0, 0.1) is 10.1 Å². The number of carbonyl (C=O) groups is 1. The van der Waals surface area contributed by atoms with Crippen LogP contribution in [0.5, 0.6) is 17.4 Å². The van der Waals surface area contributed by atoms with Gasteiger partial charge in [-0.05, 0) is 42.5 Å². The van der Waals surface area contributed by atoms with Crippen molar-refractivity contribution in [3.8, 4) is 17.4 Å². The first-order valence-corrected chi connectivity index (χ1v) is 10.6. The van der Waals surface area contributed by atoms with E-state index in [9.17, 15) is 23.3 Å². The molecule has 0 spiro atoms. The molecule has 3 rings (SSSR count). The highest BCUT2D eigenvalue weighted by Gasteiger charge is 2.20. The second kappa shape index (κ2) is 8.79. The van der Waals surface area contributed by atoms with E-state index in [1.165, 1.54) is 19.4 Å². The molecule has 0 unspecified atom stereocenters. The molecule has 10 nitrogen and oxygen atoms in total. The van der Waals surface area contributed by atoms with Gasteiger partial charge in [-0.25, -0.2) is 13.4 Å². The number of rotatable bonds is 7. The van der Waals surface area contributed by atoms with Gasteiger partial charge in [-0.3, -0.25) is 14.9 Å². The highest BCUT2D eigenvalue weighted by atomic mass is 32.2. The summed E-state index contributed by atoms with van der Waals surface area (Å²) in [4.78, 5) is 26.9. The summed E-state index contributed by atoms with van der Waals surface area (Å²) in [5.41, 5.74) is -0.529. The lowest BCUT2D eigenvalue weighted by atomic mass is 10.2. The number of nitrogens with zero attached hydrogens (tertiary/aromatic N) is 2. The van der Waals surface area contributed by atoms with E-state index in [1.54, 1.807) is 30.3 Å². The van der Waals surface area contributed by atoms with Gasteiger partial charge in [0.1, 0.15) is 17.2 Å². The fourth-order valence-corrected chi connectivity index (χ4v) is 3.23. The van der Waals surface area contributed by atoms with Gasteiger partial charge in [0.25, 0.3) is 11.6 Å². The molecule has 1 heterocycles. The summed E-state index contributed by atoms with van der Waals surface area (Å²) in [6.45, 7) is 0. The van der Waals surface area contributed by atoms with Crippen LogP contribution in [0.4, 0.5) is 11.4 Å². The summed E-state index contributed by atoms with van der Waals surface area (Å²) >= 11 is 0. The third kappa shape index (κ3) is 5.34. The Morgan fingerprint density at radius 1 is 1.10 bits per heavy atom. The quantitative estimate of drug-likeness (QED) is 0.433. The molecule has 0 saturated carbocycles. The van der Waals surface area contributed by atoms with Crippen molar-refractivity contribution in [2.75, 3.05) is 18.7 Å². The Labute approximate surface area is 177 Å². The monoisotopic (exact) mass is 443 g/mol. The molecule has 0 aliphatic heterocycles. The van der Waals surface area contributed by atoms with Crippen molar-refractivity contribution in [1.29, 1.82) is 0 Å². The van der Waals surface area contributed by atoms with Gasteiger partial charge in [-0.1, -0.05) is 0 Å². The Morgan fingerprint density at radius 2 is 1.77 bits per heavy atom. The van der Waals surface area contributed by atoms with E-state index in [1.807, 2.05) is 0 Å². The summed E-state index contributed by atoms with van der Waals surface area (Å²) < 4.78 is 34.5. The zero-order valence-corrected chi connectivity index (χ0v) is 17.3. The lowest BCUT2D eigenvalue weighted by Gasteiger charge is -2.12. The van der Waals surface area contributed by atoms with Gasteiger partial charge in [-0.2, -0.15) is 0 Å². The topological polar surface area (TPSA) is 138 Å². The molecule has 1 N–H and O–H groups in total. The number of sulfone groups is 1. The number of benzene rings is 2. The average molecular weight is 443 g/mol. The van der Waals surface area contributed by atoms with Crippen LogP contribution in [0.15, 0.2) is 65.7 Å². The van der Waals surface area contributed by atoms with Crippen molar-refractivity contribution >= 4 is 27.1 Å². The normalized spacial score (nSPS) is 10.9. The van der Waals surface area contributed by atoms with E-state index < -0.39 is 26.4 Å². The summed E-state index contributed by atoms with van der Waals surface area (Å²) in [6, 6.07) is 12.7. The van der Waals surface area contributed by atoms with E-state index in [4.69, 9.17) is 9.47 Å². The predicted octanol–water partition coefficient (Wildman–Crippen LogP) is 3.45. The van der Waals surface area contributed by atoms with Crippen molar-refractivity contribution < 1.29 is 27.6 Å². The molecule has 31 heavy (non-hydrogen) atoms. The van der Waals surface area contributed by atoms with Gasteiger partial charge in [0.15, 0.2) is 9.84 Å². The molecule has 160 valence electrons. The number of anilines is 1. The second-order valence-electron chi connectivity index (χ2n) is 6.33. The fourth-order valence-electron chi connectivity index (χ4n) is 2.55. The smallest absolute Gasteiger partial charge is 0.271 e. The zero-order valence-electron chi connectivity index (χ0n) is 16.4. The largest absolute Gasteiger partial charge is 0.497 e. The number of hydrogen-bond donors (Lipinski definition) is 1. The Hall–Kier alpha value is -3.99. The van der Waals surface area contributed by atoms with Crippen LogP contribution in [0.2, 0.25) is 0 Å². The summed E-state index contributed by atoms with van der Waals surface area (Å²) in [5.74, 6) is 0.384. The van der Waals surface area contributed by atoms with Crippen LogP contribution in [0.1, 0.15) is 10.4 Å². The molecular formula is C20H17N3O7S. The molecule has 0 aliphatic carbocycles. The average Bonchev–Trinajstić information content (AvgIpc) is 2.74. The molecule has 11 heteroatoms. The van der Waals surface area contributed by atoms with Gasteiger partial charge >= 0.3 is 0 Å². The standard InChI is InChI=1S/C20H17N3O7S/c1-29-15-5-7-16(8-6-15)30-20-18(4-3-9-21-20)22-19(24)13-10-14(23(25)26)12-17(11-13)31(2,27)28/h3-12H,1-2H3,(H,22,24). The Morgan fingerprint density at radius 3 is 2.39 bits per heavy atom. The van der Waals surface area contributed by atoms with Crippen LogP contribution in [-0.2, 0) is 9.84 Å². The number of nitro benzene ring substituents is 1. The van der Waals surface area contributed by atoms with Gasteiger partial charge in [0.2, 0.25) is 5.88 Å². The fraction of sp³-hybridized carbons (Fsp3) is 0.100. The molecule has 3 aromatic rings. The van der Waals surface area contributed by atoms with Crippen LogP contribution in [0.3, 0.4) is 0 Å². The molecule has 0 atom stereocenters. The summed E-state index contributed by atoms with van der Waals surface area (Å²) in [5, 5.41) is 13.7. The van der Waals surface area contributed by atoms with Crippen LogP contribution < -0.4 is 14.8 Å². The molecule has 2 aromatic carbocycles. The number of aromatic nitrogens is 1. The van der Waals surface area contributed by atoms with Crippen LogP contribution in [-0.4, -0.2) is 37.6 Å². The molecule has 0 bridgehead atoms. The van der Waals surface area contributed by atoms with E-state index in [0.717, 1.165) is 24.5 Å². The summed E-state index contributed by atoms with van der Waals surface area (Å²) in [7, 11) is -2.24. The van der Waals surface area contributed by atoms with Crippen molar-refractivity contribution in [1.82, 2.24) is 4.98 Å². The number of carbonyl (C=O) groups excluding carboxylic acids is 1. The minimum Gasteiger partial charge on any atom is -0.497 e. The Bertz CT molecular complexity index is 1240. The number of nitro groups is 1. The zero-order chi connectivity index (χ0) is 22.6. The van der Waals surface area contributed by atoms with Gasteiger partial charge in [0, 0.05) is 30.1 Å². The Kier molecular flexibility index (Phi) is 6.16. The lowest BCUT2D eigenvalue weighted by Crippen LogP contribution is -2.14. The molecule has 1 amide bonds. The van der Waals surface area contributed by atoms with Crippen LogP contribution in [0.25, 0.3) is 0 Å². The first kappa shape index (κ1) is 21.7. The van der Waals surface area contributed by atoms with Crippen LogP contribution >= 0.6 is 0 Å². The third-order valence-electron chi connectivity index (χ3n) is 4.09. The molecule has 0 fully saturated rings. The van der Waals surface area contributed by atoms with E-state index in [0.29, 0.717) is 11.5 Å². The van der Waals surface area contributed by atoms with Crippen molar-refractivity contribution in [3.05, 3.63) is 76.5 Å². The predicted molar refractivity (Wildman–Crippen MR) is 111 cm³/mol. The number of pyridine rings is 1. The van der Waals surface area contributed by atoms with Gasteiger partial charge in [0.05, 0.1) is 16.9 Å². The highest BCUT2D eigenvalue weighted by Crippen LogP contribution is 2.29. The minimum absolute atomic E-state index is 0.0785. The molecule has 0 aliphatic rings. The molecular weight excluding hydrogens is 426 g/mol. The SMILES string of the molecule is COc1ccc(Oc2ncccc2NC(=O)c2cc([N+](=O)[O-])cc(S(C)(=O)=O)c2)cc1. The number of amides is 1. The van der Waals surface area contributed by atoms with Gasteiger partial charge in [-0.15, -0.1) is 0 Å². The summed E-state index contributed by atoms with van der Waals surface area (Å²) in [6.07, 6.45) is 2.36. The Balaban J connectivity index is 1.90. The second-order valence-corrected chi connectivity index (χ2v) is 8.35. The maximum Gasteiger partial charge on any atom is 0.271 e. The number of nitrogens with one attached hydrogen (secondary N) is 1. The maximum atomic E-state index is 12.7. The maximum absolute atomic E-state index is 12.7. The first-order chi connectivity index (χ1) is 14.7. The lowest BCUT2D eigenvalue weighted by molar-refractivity contribution is -0.385. The number of hydrogen-bond acceptors (Lipinski definition) is 8. The van der Waals surface area contributed by atoms with Crippen molar-refractivity contribution in [2.45, 2.75) is 4.90 Å². The van der Waals surface area contributed by atoms with E-state index in [-0.39, 0.29) is 22.0 Å². The number of ether oxygens (including phenoxy) is 2. The minimum atomic E-state index is -3.77. The molecule has 1 aromatic heterocycles. The third-order valence-corrected chi connectivity index (χ3v) is 5.18. The van der Waals surface area contributed by atoms with Crippen molar-refractivity contribution in [2.24, 2.45) is 0 Å². The first-order valence-electron chi connectivity index (χ1n) is 8.75. The molecule has 0 saturated heterocycles. The highest BCUT2D eigenvalue weighted by molar-refractivity contribution is 7.90. The number of non-ortho nitro benzene ring substituents is 1. The molecule has 0 radical (unpaired) electrons. The van der Waals surface area contributed by atoms with Crippen molar-refractivity contribution in [3.63, 3.8) is 0 Å². The van der Waals surface area contributed by atoms with E-state index >= 15 is 0 Å². The van der Waals surface area contributed by atoms with Gasteiger partial charge < -0.3 is 14.8 Å². The number of methoxy groups -OCH3 is 1. The van der Waals surface area contributed by atoms with E-state index in [2.05, 4.69) is 10.3 Å².